The van der Waals surface area contributed by atoms with Crippen molar-refractivity contribution >= 4 is 30.8 Å². The van der Waals surface area contributed by atoms with Gasteiger partial charge in [-0.25, -0.2) is 15.0 Å². The molecule has 3 heterocycles. The van der Waals surface area contributed by atoms with Gasteiger partial charge in [0.2, 0.25) is 5.91 Å². The summed E-state index contributed by atoms with van der Waals surface area (Å²) in [5, 5.41) is 0. The van der Waals surface area contributed by atoms with Gasteiger partial charge in [0.05, 0.1) is 17.4 Å². The molecule has 1 aromatic carbocycles. The molecule has 3 aromatic rings. The molecule has 2 aliphatic rings. The van der Waals surface area contributed by atoms with Crippen LogP contribution in [0.1, 0.15) is 34.7 Å². The Balaban J connectivity index is 1.33. The zero-order chi connectivity index (χ0) is 26.9. The number of imidazole rings is 1. The zero-order valence-electron chi connectivity index (χ0n) is 23.2. The molecule has 0 spiro atoms. The maximum Gasteiger partial charge on any atom is 0.246 e. The van der Waals surface area contributed by atoms with E-state index in [1.54, 1.807) is 6.33 Å². The van der Waals surface area contributed by atoms with E-state index in [4.69, 9.17) is 14.7 Å². The minimum absolute atomic E-state index is 0.00216. The summed E-state index contributed by atoms with van der Waals surface area (Å²) in [7, 11) is -1.11. The van der Waals surface area contributed by atoms with E-state index in [9.17, 15) is 4.79 Å². The molecular weight excluding hydrogens is 492 g/mol. The number of ether oxygens (including phenoxy) is 1. The molecule has 1 amide bonds. The number of fused-ring (bicyclic) bond motifs is 2. The maximum atomic E-state index is 12.0. The molecule has 1 fully saturated rings. The fraction of sp³-hybridized carbons (Fsp3) is 0.517. The van der Waals surface area contributed by atoms with Crippen molar-refractivity contribution in [2.45, 2.75) is 64.5 Å². The number of carbonyl (C=O) groups is 1. The minimum Gasteiger partial charge on any atom is -0.361 e. The van der Waals surface area contributed by atoms with Crippen LogP contribution < -0.4 is 4.90 Å². The lowest BCUT2D eigenvalue weighted by Gasteiger charge is -2.37. The molecule has 1 unspecified atom stereocenters. The summed E-state index contributed by atoms with van der Waals surface area (Å²) in [6, 6.07) is 5.57. The Bertz CT molecular complexity index is 1320. The Hall–Kier alpha value is -3.04. The number of piperazine rings is 1. The van der Waals surface area contributed by atoms with E-state index in [-0.39, 0.29) is 5.91 Å². The van der Waals surface area contributed by atoms with Gasteiger partial charge in [-0.05, 0) is 61.4 Å². The van der Waals surface area contributed by atoms with Crippen molar-refractivity contribution in [3.63, 3.8) is 0 Å². The van der Waals surface area contributed by atoms with Crippen molar-refractivity contribution in [1.29, 1.82) is 0 Å². The second kappa shape index (κ2) is 11.0. The first-order valence-electron chi connectivity index (χ1n) is 13.8. The highest BCUT2D eigenvalue weighted by molar-refractivity contribution is 6.76. The van der Waals surface area contributed by atoms with Crippen molar-refractivity contribution < 1.29 is 9.53 Å². The van der Waals surface area contributed by atoms with Crippen molar-refractivity contribution in [3.8, 4) is 0 Å². The van der Waals surface area contributed by atoms with Crippen LogP contribution in [0.4, 0.5) is 5.82 Å². The summed E-state index contributed by atoms with van der Waals surface area (Å²) in [4.78, 5) is 30.4. The van der Waals surface area contributed by atoms with E-state index in [0.29, 0.717) is 25.7 Å². The topological polar surface area (TPSA) is 76.4 Å². The first-order valence-corrected chi connectivity index (χ1v) is 17.5. The lowest BCUT2D eigenvalue weighted by Crippen LogP contribution is -2.49. The minimum atomic E-state index is -1.11. The van der Waals surface area contributed by atoms with E-state index in [1.165, 1.54) is 22.8 Å². The van der Waals surface area contributed by atoms with Crippen molar-refractivity contribution in [2.75, 3.05) is 37.7 Å². The molecule has 1 saturated heterocycles. The number of hydrogen-bond donors (Lipinski definition) is 0. The van der Waals surface area contributed by atoms with Crippen LogP contribution in [0.5, 0.6) is 0 Å². The normalized spacial score (nSPS) is 18.1. The highest BCUT2D eigenvalue weighted by atomic mass is 28.3. The van der Waals surface area contributed by atoms with Gasteiger partial charge < -0.3 is 19.1 Å². The van der Waals surface area contributed by atoms with Gasteiger partial charge in [0.15, 0.2) is 0 Å². The molecular formula is C29H40N6O2Si. The second-order valence-electron chi connectivity index (χ2n) is 11.8. The maximum absolute atomic E-state index is 12.0. The average Bonchev–Trinajstić information content (AvgIpc) is 3.32. The number of rotatable bonds is 8. The zero-order valence-corrected chi connectivity index (χ0v) is 24.2. The predicted octanol–water partition coefficient (Wildman–Crippen LogP) is 4.55. The number of benzene rings is 1. The molecule has 0 N–H and O–H groups in total. The van der Waals surface area contributed by atoms with Gasteiger partial charge in [-0.2, -0.15) is 0 Å². The molecule has 1 aliphatic carbocycles. The van der Waals surface area contributed by atoms with E-state index < -0.39 is 8.07 Å². The van der Waals surface area contributed by atoms with Crippen molar-refractivity contribution in [2.24, 2.45) is 0 Å². The van der Waals surface area contributed by atoms with E-state index >= 15 is 0 Å². The Morgan fingerprint density at radius 3 is 2.68 bits per heavy atom. The molecule has 8 nitrogen and oxygen atoms in total. The van der Waals surface area contributed by atoms with E-state index in [0.717, 1.165) is 67.5 Å². The molecule has 5 rings (SSSR count). The van der Waals surface area contributed by atoms with E-state index in [1.807, 2.05) is 11.2 Å². The predicted molar refractivity (Wildman–Crippen MR) is 154 cm³/mol. The molecule has 38 heavy (non-hydrogen) atoms. The first kappa shape index (κ1) is 26.6. The summed E-state index contributed by atoms with van der Waals surface area (Å²) >= 11 is 0. The Labute approximate surface area is 226 Å². The van der Waals surface area contributed by atoms with Gasteiger partial charge in [-0.1, -0.05) is 32.3 Å². The van der Waals surface area contributed by atoms with Gasteiger partial charge in [0, 0.05) is 52.1 Å². The van der Waals surface area contributed by atoms with E-state index in [2.05, 4.69) is 59.7 Å². The van der Waals surface area contributed by atoms with Crippen LogP contribution in [0.25, 0.3) is 11.0 Å². The van der Waals surface area contributed by atoms with Crippen LogP contribution in [0.2, 0.25) is 25.7 Å². The Morgan fingerprint density at radius 2 is 1.95 bits per heavy atom. The standard InChI is InChI=1S/C29H40N6O2Si/c1-6-26(36)33-11-13-34(14-12-33)29-23-9-8-22(17-24(23)30-18-31-29)27-21(2)7-10-25-28(27)32-19-35(25)20-37-15-16-38(3,4)5/h6-7,10,18-19,22H,1,8-9,11-17,20H2,2-5H3. The van der Waals surface area contributed by atoms with Gasteiger partial charge in [0.25, 0.3) is 0 Å². The van der Waals surface area contributed by atoms with Crippen LogP contribution in [-0.4, -0.2) is 71.2 Å². The molecule has 1 atom stereocenters. The number of aromatic nitrogens is 4. The largest absolute Gasteiger partial charge is 0.361 e. The van der Waals surface area contributed by atoms with Gasteiger partial charge in [0.1, 0.15) is 18.9 Å². The third kappa shape index (κ3) is 5.54. The number of carbonyl (C=O) groups excluding carboxylic acids is 1. The van der Waals surface area contributed by atoms with Gasteiger partial charge in [-0.15, -0.1) is 0 Å². The number of anilines is 1. The van der Waals surface area contributed by atoms with Gasteiger partial charge in [-0.3, -0.25) is 4.79 Å². The Kier molecular flexibility index (Phi) is 7.67. The summed E-state index contributed by atoms with van der Waals surface area (Å²) < 4.78 is 8.17. The molecule has 2 aromatic heterocycles. The monoisotopic (exact) mass is 532 g/mol. The highest BCUT2D eigenvalue weighted by Crippen LogP contribution is 2.39. The molecule has 0 bridgehead atoms. The first-order chi connectivity index (χ1) is 18.2. The van der Waals surface area contributed by atoms with Crippen molar-refractivity contribution in [1.82, 2.24) is 24.4 Å². The third-order valence-corrected chi connectivity index (χ3v) is 9.65. The summed E-state index contributed by atoms with van der Waals surface area (Å²) in [6.07, 6.45) is 7.91. The fourth-order valence-electron chi connectivity index (χ4n) is 5.72. The van der Waals surface area contributed by atoms with Crippen molar-refractivity contribution in [3.05, 3.63) is 59.8 Å². The average molecular weight is 533 g/mol. The number of hydrogen-bond acceptors (Lipinski definition) is 6. The fourth-order valence-corrected chi connectivity index (χ4v) is 6.48. The molecule has 202 valence electrons. The molecule has 9 heteroatoms. The quantitative estimate of drug-likeness (QED) is 0.241. The van der Waals surface area contributed by atoms with Crippen LogP contribution in [-0.2, 0) is 29.1 Å². The third-order valence-electron chi connectivity index (χ3n) is 7.94. The molecule has 0 radical (unpaired) electrons. The number of amides is 1. The van der Waals surface area contributed by atoms with Crippen LogP contribution in [0, 0.1) is 6.92 Å². The summed E-state index contributed by atoms with van der Waals surface area (Å²) in [5.41, 5.74) is 7.25. The van der Waals surface area contributed by atoms with Gasteiger partial charge >= 0.3 is 0 Å². The highest BCUT2D eigenvalue weighted by Gasteiger charge is 2.30. The Morgan fingerprint density at radius 1 is 1.16 bits per heavy atom. The second-order valence-corrected chi connectivity index (χ2v) is 17.4. The van der Waals surface area contributed by atoms with Crippen LogP contribution >= 0.6 is 0 Å². The number of aryl methyl sites for hydroxylation is 1. The smallest absolute Gasteiger partial charge is 0.246 e. The van der Waals surface area contributed by atoms with Crippen LogP contribution in [0.15, 0.2) is 37.4 Å². The number of nitrogens with zero attached hydrogens (tertiary/aromatic N) is 6. The summed E-state index contributed by atoms with van der Waals surface area (Å²) in [6.45, 7) is 17.2. The van der Waals surface area contributed by atoms with Crippen LogP contribution in [0.3, 0.4) is 0 Å². The summed E-state index contributed by atoms with van der Waals surface area (Å²) in [5.74, 6) is 1.41. The SMILES string of the molecule is C=CC(=O)N1CCN(c2ncnc3c2CCC(c2c(C)ccc4c2ncn4COCC[Si](C)(C)C)C3)CC1. The lowest BCUT2D eigenvalue weighted by atomic mass is 9.80. The molecule has 1 aliphatic heterocycles. The molecule has 0 saturated carbocycles. The lowest BCUT2D eigenvalue weighted by molar-refractivity contribution is -0.126.